The zero-order chi connectivity index (χ0) is 16.2. The van der Waals surface area contributed by atoms with E-state index in [4.69, 9.17) is 0 Å². The van der Waals surface area contributed by atoms with Crippen LogP contribution in [0.3, 0.4) is 0 Å². The number of nitrogens with one attached hydrogen (secondary N) is 2. The molecule has 2 aliphatic carbocycles. The first-order valence-electron chi connectivity index (χ1n) is 8.20. The molecule has 6 heteroatoms. The first-order chi connectivity index (χ1) is 10.1. The van der Waals surface area contributed by atoms with Gasteiger partial charge in [0.2, 0.25) is 5.91 Å². The van der Waals surface area contributed by atoms with Crippen LogP contribution < -0.4 is 10.6 Å². The minimum atomic E-state index is -4.19. The highest BCUT2D eigenvalue weighted by atomic mass is 19.4. The molecule has 0 aromatic heterocycles. The van der Waals surface area contributed by atoms with Crippen LogP contribution in [0.4, 0.5) is 13.2 Å². The molecule has 2 N–H and O–H groups in total. The molecule has 1 saturated heterocycles. The Kier molecular flexibility index (Phi) is 3.55. The average Bonchev–Trinajstić information content (AvgIpc) is 2.86. The molecular weight excluding hydrogens is 293 g/mol. The predicted molar refractivity (Wildman–Crippen MR) is 77.2 cm³/mol. The van der Waals surface area contributed by atoms with Gasteiger partial charge in [0.25, 0.3) is 0 Å². The molecule has 1 heterocycles. The first kappa shape index (κ1) is 16.1. The van der Waals surface area contributed by atoms with Crippen LogP contribution in [0.2, 0.25) is 0 Å². The molecule has 0 unspecified atom stereocenters. The van der Waals surface area contributed by atoms with E-state index in [9.17, 15) is 18.0 Å². The summed E-state index contributed by atoms with van der Waals surface area (Å²) in [5.41, 5.74) is -2.94. The van der Waals surface area contributed by atoms with Crippen LogP contribution in [-0.4, -0.2) is 31.7 Å². The number of hydrogen-bond acceptors (Lipinski definition) is 2. The molecule has 0 aromatic rings. The van der Waals surface area contributed by atoms with Crippen molar-refractivity contribution < 1.29 is 18.0 Å². The molecule has 1 aliphatic heterocycles. The van der Waals surface area contributed by atoms with Gasteiger partial charge < -0.3 is 10.6 Å². The summed E-state index contributed by atoms with van der Waals surface area (Å²) in [7, 11) is 0. The monoisotopic (exact) mass is 318 g/mol. The van der Waals surface area contributed by atoms with Crippen molar-refractivity contribution in [1.82, 2.24) is 10.6 Å². The fraction of sp³-hybridized carbons (Fsp3) is 0.938. The summed E-state index contributed by atoms with van der Waals surface area (Å²) in [5.74, 6) is 0.252. The number of carbonyl (C=O) groups is 1. The highest BCUT2D eigenvalue weighted by Crippen LogP contribution is 2.72. The fourth-order valence-corrected chi connectivity index (χ4v) is 4.64. The van der Waals surface area contributed by atoms with Crippen molar-refractivity contribution in [3.63, 3.8) is 0 Å². The zero-order valence-electron chi connectivity index (χ0n) is 13.3. The largest absolute Gasteiger partial charge is 0.396 e. The lowest BCUT2D eigenvalue weighted by Crippen LogP contribution is -2.45. The van der Waals surface area contributed by atoms with Crippen molar-refractivity contribution >= 4 is 5.91 Å². The Labute approximate surface area is 129 Å². The van der Waals surface area contributed by atoms with Crippen molar-refractivity contribution in [2.75, 3.05) is 19.6 Å². The zero-order valence-corrected chi connectivity index (χ0v) is 13.3. The molecule has 1 amide bonds. The summed E-state index contributed by atoms with van der Waals surface area (Å²) in [4.78, 5) is 12.5. The summed E-state index contributed by atoms with van der Waals surface area (Å²) in [6.07, 6.45) is 0.320. The van der Waals surface area contributed by atoms with Crippen molar-refractivity contribution in [2.24, 2.45) is 22.2 Å². The molecule has 3 rings (SSSR count). The molecule has 2 atom stereocenters. The van der Waals surface area contributed by atoms with Gasteiger partial charge in [-0.3, -0.25) is 4.79 Å². The lowest BCUT2D eigenvalue weighted by molar-refractivity contribution is -0.190. The molecule has 2 saturated carbocycles. The second-order valence-electron chi connectivity index (χ2n) is 8.03. The van der Waals surface area contributed by atoms with Gasteiger partial charge in [-0.15, -0.1) is 0 Å². The Hall–Kier alpha value is -0.780. The van der Waals surface area contributed by atoms with Crippen LogP contribution in [0.15, 0.2) is 0 Å². The lowest BCUT2D eigenvalue weighted by Gasteiger charge is -2.31. The quantitative estimate of drug-likeness (QED) is 0.837. The van der Waals surface area contributed by atoms with Gasteiger partial charge in [-0.1, -0.05) is 26.7 Å². The summed E-state index contributed by atoms with van der Waals surface area (Å²) in [6.45, 7) is 4.31. The second kappa shape index (κ2) is 4.86. The number of amides is 1. The van der Waals surface area contributed by atoms with E-state index in [2.05, 4.69) is 10.6 Å². The van der Waals surface area contributed by atoms with Crippen LogP contribution in [0.5, 0.6) is 0 Å². The van der Waals surface area contributed by atoms with Gasteiger partial charge in [0.15, 0.2) is 0 Å². The maximum absolute atomic E-state index is 13.3. The van der Waals surface area contributed by atoms with Gasteiger partial charge in [-0.2, -0.15) is 13.2 Å². The average molecular weight is 318 g/mol. The van der Waals surface area contributed by atoms with Crippen LogP contribution in [0.1, 0.15) is 46.0 Å². The number of piperidine rings is 1. The molecule has 3 fully saturated rings. The molecule has 0 spiro atoms. The van der Waals surface area contributed by atoms with E-state index < -0.39 is 22.4 Å². The number of halogens is 3. The van der Waals surface area contributed by atoms with Crippen molar-refractivity contribution in [2.45, 2.75) is 52.1 Å². The number of carbonyl (C=O) groups excluding carboxylic acids is 1. The van der Waals surface area contributed by atoms with Gasteiger partial charge in [0, 0.05) is 30.5 Å². The maximum Gasteiger partial charge on any atom is 0.396 e. The smallest absolute Gasteiger partial charge is 0.355 e. The first-order valence-corrected chi connectivity index (χ1v) is 8.20. The number of fused-ring (bicyclic) bond motifs is 1. The second-order valence-corrected chi connectivity index (χ2v) is 8.03. The van der Waals surface area contributed by atoms with E-state index in [-0.39, 0.29) is 25.4 Å². The van der Waals surface area contributed by atoms with E-state index in [1.807, 2.05) is 13.8 Å². The fourth-order valence-electron chi connectivity index (χ4n) is 4.64. The molecule has 0 radical (unpaired) electrons. The van der Waals surface area contributed by atoms with Crippen molar-refractivity contribution in [1.29, 1.82) is 0 Å². The Morgan fingerprint density at radius 3 is 2.41 bits per heavy atom. The molecule has 0 aromatic carbocycles. The summed E-state index contributed by atoms with van der Waals surface area (Å²) in [6, 6.07) is 0. The lowest BCUT2D eigenvalue weighted by atomic mass is 9.77. The van der Waals surface area contributed by atoms with Gasteiger partial charge in [-0.25, -0.2) is 0 Å². The van der Waals surface area contributed by atoms with Crippen molar-refractivity contribution in [3.8, 4) is 0 Å². The minimum Gasteiger partial charge on any atom is -0.355 e. The Balaban J connectivity index is 1.62. The molecule has 126 valence electrons. The predicted octanol–water partition coefficient (Wildman–Crippen LogP) is 2.86. The molecular formula is C16H25F3N2O. The Morgan fingerprint density at radius 2 is 1.86 bits per heavy atom. The molecule has 22 heavy (non-hydrogen) atoms. The van der Waals surface area contributed by atoms with E-state index >= 15 is 0 Å². The van der Waals surface area contributed by atoms with E-state index in [1.54, 1.807) is 0 Å². The topological polar surface area (TPSA) is 41.1 Å². The molecule has 3 nitrogen and oxygen atoms in total. The van der Waals surface area contributed by atoms with Crippen LogP contribution in [-0.2, 0) is 4.79 Å². The van der Waals surface area contributed by atoms with E-state index in [0.717, 1.165) is 25.7 Å². The number of hydrogen-bond donors (Lipinski definition) is 2. The number of alkyl halides is 3. The van der Waals surface area contributed by atoms with Crippen LogP contribution in [0.25, 0.3) is 0 Å². The van der Waals surface area contributed by atoms with Crippen molar-refractivity contribution in [3.05, 3.63) is 0 Å². The molecule has 3 aliphatic rings. The summed E-state index contributed by atoms with van der Waals surface area (Å²) >= 11 is 0. The minimum absolute atomic E-state index is 0.0155. The van der Waals surface area contributed by atoms with Gasteiger partial charge in [0.05, 0.1) is 5.41 Å². The Morgan fingerprint density at radius 1 is 1.23 bits per heavy atom. The SMILES string of the molecule is CC(C)(C(=O)NC[C@@]12CNC[C@]1(C(F)(F)F)C2)C1CCCC1. The number of rotatable bonds is 4. The summed E-state index contributed by atoms with van der Waals surface area (Å²) < 4.78 is 39.8. The molecule has 0 bridgehead atoms. The standard InChI is InChI=1S/C16H25F3N2O/c1-13(2,11-5-3-4-6-11)12(22)21-9-14-7-15(14,10-20-8-14)16(17,18)19/h11,20H,3-10H2,1-2H3,(H,21,22)/t14-,15-/m1/s1. The third-order valence-corrected chi connectivity index (χ3v) is 6.51. The third kappa shape index (κ3) is 2.17. The highest BCUT2D eigenvalue weighted by molar-refractivity contribution is 5.82. The van der Waals surface area contributed by atoms with Gasteiger partial charge in [0.1, 0.15) is 0 Å². The van der Waals surface area contributed by atoms with E-state index in [1.165, 1.54) is 0 Å². The summed E-state index contributed by atoms with van der Waals surface area (Å²) in [5, 5.41) is 5.70. The Bertz CT molecular complexity index is 471. The normalized spacial score (nSPS) is 35.5. The van der Waals surface area contributed by atoms with E-state index in [0.29, 0.717) is 12.5 Å². The highest BCUT2D eigenvalue weighted by Gasteiger charge is 2.81. The maximum atomic E-state index is 13.3. The van der Waals surface area contributed by atoms with Crippen LogP contribution >= 0.6 is 0 Å². The van der Waals surface area contributed by atoms with Gasteiger partial charge >= 0.3 is 6.18 Å². The van der Waals surface area contributed by atoms with Crippen LogP contribution in [0, 0.1) is 22.2 Å². The third-order valence-electron chi connectivity index (χ3n) is 6.51. The van der Waals surface area contributed by atoms with Gasteiger partial charge in [-0.05, 0) is 25.2 Å².